The molecule has 0 saturated carbocycles. The maximum atomic E-state index is 6.61. The van der Waals surface area contributed by atoms with Crippen LogP contribution in [0.25, 0.3) is 0 Å². The number of fused-ring (bicyclic) bond motifs is 1. The van der Waals surface area contributed by atoms with Gasteiger partial charge in [-0.2, -0.15) is 0 Å². The topological polar surface area (TPSA) is 38.5 Å². The minimum absolute atomic E-state index is 0.131. The predicted molar refractivity (Wildman–Crippen MR) is 91.2 cm³/mol. The molecule has 2 aliphatic heterocycles. The Bertz CT molecular complexity index is 480. The Labute approximate surface area is 133 Å². The number of methoxy groups -OCH3 is 1. The average Bonchev–Trinajstić information content (AvgIpc) is 3.06. The first-order chi connectivity index (χ1) is 10.1. The summed E-state index contributed by atoms with van der Waals surface area (Å²) in [6.07, 6.45) is 3.35. The van der Waals surface area contributed by atoms with Crippen molar-refractivity contribution in [3.8, 4) is 5.75 Å². The molecule has 1 aromatic carbocycles. The number of nitrogens with zero attached hydrogens (tertiary/aromatic N) is 1. The highest BCUT2D eigenvalue weighted by Crippen LogP contribution is 2.48. The van der Waals surface area contributed by atoms with Crippen molar-refractivity contribution in [3.63, 3.8) is 0 Å². The summed E-state index contributed by atoms with van der Waals surface area (Å²) < 4.78 is 5.54. The Balaban J connectivity index is 0.000000774. The van der Waals surface area contributed by atoms with Crippen LogP contribution in [0.5, 0.6) is 5.75 Å². The molecule has 0 aromatic heterocycles. The van der Waals surface area contributed by atoms with E-state index in [2.05, 4.69) is 30.1 Å². The smallest absolute Gasteiger partial charge is 0.123 e. The Morgan fingerprint density at radius 1 is 1.43 bits per heavy atom. The molecule has 0 bridgehead atoms. The lowest BCUT2D eigenvalue weighted by Crippen LogP contribution is -2.50. The van der Waals surface area contributed by atoms with Gasteiger partial charge in [-0.05, 0) is 45.0 Å². The van der Waals surface area contributed by atoms with Crippen LogP contribution in [-0.2, 0) is 0 Å². The van der Waals surface area contributed by atoms with E-state index in [1.165, 1.54) is 16.9 Å². The minimum atomic E-state index is -0.131. The number of hydrogen-bond donors (Lipinski definition) is 1. The number of hydrogen-bond acceptors (Lipinski definition) is 4. The van der Waals surface area contributed by atoms with Gasteiger partial charge in [-0.25, -0.2) is 0 Å². The summed E-state index contributed by atoms with van der Waals surface area (Å²) in [6, 6.07) is 6.34. The first-order valence-electron chi connectivity index (χ1n) is 7.94. The van der Waals surface area contributed by atoms with Gasteiger partial charge in [-0.15, -0.1) is 11.8 Å². The summed E-state index contributed by atoms with van der Waals surface area (Å²) in [5.41, 5.74) is 7.85. The molecule has 118 valence electrons. The maximum absolute atomic E-state index is 6.61. The van der Waals surface area contributed by atoms with Gasteiger partial charge in [0.1, 0.15) is 5.75 Å². The van der Waals surface area contributed by atoms with Gasteiger partial charge in [0.15, 0.2) is 0 Å². The zero-order chi connectivity index (χ0) is 15.5. The summed E-state index contributed by atoms with van der Waals surface area (Å²) in [5, 5.41) is 0. The Hall–Kier alpha value is -0.710. The van der Waals surface area contributed by atoms with Gasteiger partial charge in [-0.3, -0.25) is 4.90 Å². The molecule has 4 heteroatoms. The molecule has 2 N–H and O–H groups in total. The summed E-state index contributed by atoms with van der Waals surface area (Å²) >= 11 is 1.93. The standard InChI is InChI=1S/C15H22N2OS.C2H6/c1-17-8-4-7-15(17,16)9-11-10-19-13-6-3-5-12(18-2)14(11)13;1-2/h3,5-6,11H,4,7-10,16H2,1-2H3;1-2H3/t11?,15-;/m1./s1. The fourth-order valence-electron chi connectivity index (χ4n) is 3.39. The lowest BCUT2D eigenvalue weighted by Gasteiger charge is -2.34. The molecule has 2 heterocycles. The van der Waals surface area contributed by atoms with Crippen LogP contribution in [0.3, 0.4) is 0 Å². The van der Waals surface area contributed by atoms with E-state index in [1.807, 2.05) is 25.6 Å². The fourth-order valence-corrected chi connectivity index (χ4v) is 4.65. The average molecular weight is 308 g/mol. The largest absolute Gasteiger partial charge is 0.496 e. The van der Waals surface area contributed by atoms with Crippen LogP contribution in [0.4, 0.5) is 0 Å². The van der Waals surface area contributed by atoms with E-state index in [9.17, 15) is 0 Å². The van der Waals surface area contributed by atoms with Gasteiger partial charge in [0.2, 0.25) is 0 Å². The highest BCUT2D eigenvalue weighted by Gasteiger charge is 2.39. The van der Waals surface area contributed by atoms with Crippen molar-refractivity contribution in [1.29, 1.82) is 0 Å². The Morgan fingerprint density at radius 3 is 2.81 bits per heavy atom. The number of benzene rings is 1. The molecule has 3 nitrogen and oxygen atoms in total. The number of rotatable bonds is 3. The van der Waals surface area contributed by atoms with Crippen molar-refractivity contribution in [3.05, 3.63) is 23.8 Å². The van der Waals surface area contributed by atoms with Crippen LogP contribution in [0.2, 0.25) is 0 Å². The highest BCUT2D eigenvalue weighted by molar-refractivity contribution is 7.99. The Kier molecular flexibility index (Phi) is 5.58. The van der Waals surface area contributed by atoms with E-state index in [0.717, 1.165) is 30.9 Å². The van der Waals surface area contributed by atoms with Gasteiger partial charge in [-0.1, -0.05) is 19.9 Å². The van der Waals surface area contributed by atoms with Gasteiger partial charge in [0.05, 0.1) is 12.8 Å². The molecule has 1 saturated heterocycles. The first kappa shape index (κ1) is 16.7. The molecule has 0 amide bonds. The number of ether oxygens (including phenoxy) is 1. The van der Waals surface area contributed by atoms with E-state index in [1.54, 1.807) is 7.11 Å². The molecule has 0 spiro atoms. The third-order valence-electron chi connectivity index (χ3n) is 4.56. The van der Waals surface area contributed by atoms with E-state index >= 15 is 0 Å². The van der Waals surface area contributed by atoms with Crippen LogP contribution in [0.1, 0.15) is 44.6 Å². The molecular weight excluding hydrogens is 280 g/mol. The SMILES string of the molecule is CC.COc1cccc2c1C(C[C@@]1(N)CCCN1C)CS2. The second kappa shape index (κ2) is 7.03. The molecular formula is C17H28N2OS. The first-order valence-corrected chi connectivity index (χ1v) is 8.92. The quantitative estimate of drug-likeness (QED) is 0.924. The lowest BCUT2D eigenvalue weighted by atomic mass is 9.88. The van der Waals surface area contributed by atoms with E-state index in [4.69, 9.17) is 10.5 Å². The molecule has 1 unspecified atom stereocenters. The van der Waals surface area contributed by atoms with Crippen LogP contribution < -0.4 is 10.5 Å². The normalized spacial score (nSPS) is 28.0. The van der Waals surface area contributed by atoms with E-state index in [-0.39, 0.29) is 5.66 Å². The molecule has 0 radical (unpaired) electrons. The summed E-state index contributed by atoms with van der Waals surface area (Å²) in [4.78, 5) is 3.69. The van der Waals surface area contributed by atoms with Gasteiger partial charge >= 0.3 is 0 Å². The maximum Gasteiger partial charge on any atom is 0.123 e. The van der Waals surface area contributed by atoms with Crippen LogP contribution in [0, 0.1) is 0 Å². The summed E-state index contributed by atoms with van der Waals surface area (Å²) in [7, 11) is 3.91. The van der Waals surface area contributed by atoms with Crippen molar-refractivity contribution in [2.45, 2.75) is 49.6 Å². The third kappa shape index (κ3) is 3.22. The zero-order valence-corrected chi connectivity index (χ0v) is 14.5. The summed E-state index contributed by atoms with van der Waals surface area (Å²) in [6.45, 7) is 5.12. The molecule has 1 aromatic rings. The van der Waals surface area contributed by atoms with Gasteiger partial charge in [0.25, 0.3) is 0 Å². The van der Waals surface area contributed by atoms with Crippen molar-refractivity contribution in [2.24, 2.45) is 5.73 Å². The molecule has 2 aliphatic rings. The molecule has 1 fully saturated rings. The fraction of sp³-hybridized carbons (Fsp3) is 0.647. The van der Waals surface area contributed by atoms with Gasteiger partial charge in [0, 0.05) is 22.1 Å². The predicted octanol–water partition coefficient (Wildman–Crippen LogP) is 3.68. The number of likely N-dealkylation sites (tertiary alicyclic amines) is 1. The van der Waals surface area contributed by atoms with Crippen molar-refractivity contribution < 1.29 is 4.74 Å². The molecule has 0 aliphatic carbocycles. The lowest BCUT2D eigenvalue weighted by molar-refractivity contribution is 0.159. The van der Waals surface area contributed by atoms with Crippen molar-refractivity contribution in [2.75, 3.05) is 26.5 Å². The highest BCUT2D eigenvalue weighted by atomic mass is 32.2. The third-order valence-corrected chi connectivity index (χ3v) is 5.79. The van der Waals surface area contributed by atoms with Crippen LogP contribution in [-0.4, -0.2) is 37.0 Å². The molecule has 3 rings (SSSR count). The van der Waals surface area contributed by atoms with Gasteiger partial charge < -0.3 is 10.5 Å². The number of thioether (sulfide) groups is 1. The van der Waals surface area contributed by atoms with Crippen molar-refractivity contribution in [1.82, 2.24) is 4.90 Å². The minimum Gasteiger partial charge on any atom is -0.496 e. The second-order valence-corrected chi connectivity index (χ2v) is 6.77. The zero-order valence-electron chi connectivity index (χ0n) is 13.7. The monoisotopic (exact) mass is 308 g/mol. The molecule has 21 heavy (non-hydrogen) atoms. The van der Waals surface area contributed by atoms with E-state index < -0.39 is 0 Å². The summed E-state index contributed by atoms with van der Waals surface area (Å²) in [5.74, 6) is 2.67. The van der Waals surface area contributed by atoms with Crippen LogP contribution in [0.15, 0.2) is 23.1 Å². The number of nitrogens with two attached hydrogens (primary N) is 1. The molecule has 2 atom stereocenters. The van der Waals surface area contributed by atoms with Crippen molar-refractivity contribution >= 4 is 11.8 Å². The Morgan fingerprint density at radius 2 is 2.19 bits per heavy atom. The van der Waals surface area contributed by atoms with E-state index in [0.29, 0.717) is 5.92 Å². The van der Waals surface area contributed by atoms with Crippen LogP contribution >= 0.6 is 11.8 Å². The second-order valence-electron chi connectivity index (χ2n) is 5.71.